The number of hydrogen-bond donors (Lipinski definition) is 1. The molecule has 4 rings (SSSR count). The van der Waals surface area contributed by atoms with Crippen LogP contribution in [-0.4, -0.2) is 55.0 Å². The number of nitrogens with zero attached hydrogens (tertiary/aromatic N) is 3. The summed E-state index contributed by atoms with van der Waals surface area (Å²) >= 11 is 0. The predicted octanol–water partition coefficient (Wildman–Crippen LogP) is 5.11. The fourth-order valence-electron chi connectivity index (χ4n) is 4.46. The van der Waals surface area contributed by atoms with Gasteiger partial charge in [0.25, 0.3) is 5.91 Å². The average molecular weight is 527 g/mol. The van der Waals surface area contributed by atoms with E-state index in [1.165, 1.54) is 37.4 Å². The Morgan fingerprint density at radius 3 is 2.32 bits per heavy atom. The molecule has 1 aliphatic rings. The Morgan fingerprint density at radius 1 is 1.03 bits per heavy atom. The van der Waals surface area contributed by atoms with E-state index in [4.69, 9.17) is 4.74 Å². The number of para-hydroxylation sites is 1. The summed E-state index contributed by atoms with van der Waals surface area (Å²) in [5.74, 6) is -0.255. The number of alkyl halides is 3. The van der Waals surface area contributed by atoms with Crippen LogP contribution in [0, 0.1) is 5.92 Å². The molecule has 200 valence electrons. The van der Waals surface area contributed by atoms with Gasteiger partial charge in [0.15, 0.2) is 0 Å². The molecule has 0 spiro atoms. The standard InChI is InChI=1S/C28H29F3N4O3/c1-38-23-8-6-21(7-9-23)27(37)35(25-5-3-2-4-24(25)28(29,30)31)19-26(36)34-16-12-20(13-17-34)18-33-22-10-14-32-15-11-22/h2-11,14-15,20H,12-13,16-19H2,1H3,(H,32,33). The van der Waals surface area contributed by atoms with Crippen LogP contribution in [0.5, 0.6) is 5.75 Å². The van der Waals surface area contributed by atoms with Crippen molar-refractivity contribution >= 4 is 23.2 Å². The monoisotopic (exact) mass is 526 g/mol. The van der Waals surface area contributed by atoms with Gasteiger partial charge in [0.05, 0.1) is 18.4 Å². The summed E-state index contributed by atoms with van der Waals surface area (Å²) in [6, 6.07) is 14.6. The van der Waals surface area contributed by atoms with Gasteiger partial charge in [0.2, 0.25) is 5.91 Å². The molecular formula is C28H29F3N4O3. The lowest BCUT2D eigenvalue weighted by atomic mass is 9.96. The molecule has 0 aliphatic carbocycles. The number of methoxy groups -OCH3 is 1. The summed E-state index contributed by atoms with van der Waals surface area (Å²) in [7, 11) is 1.47. The molecule has 2 amide bonds. The second-order valence-electron chi connectivity index (χ2n) is 9.08. The van der Waals surface area contributed by atoms with E-state index in [2.05, 4.69) is 10.3 Å². The minimum absolute atomic E-state index is 0.150. The van der Waals surface area contributed by atoms with Crippen LogP contribution < -0.4 is 15.0 Å². The smallest absolute Gasteiger partial charge is 0.418 e. The van der Waals surface area contributed by atoms with Crippen LogP contribution in [0.2, 0.25) is 0 Å². The summed E-state index contributed by atoms with van der Waals surface area (Å²) in [6.45, 7) is 1.17. The quantitative estimate of drug-likeness (QED) is 0.442. The van der Waals surface area contributed by atoms with E-state index in [-0.39, 0.29) is 11.3 Å². The SMILES string of the molecule is COc1ccc(C(=O)N(CC(=O)N2CCC(CNc3ccncc3)CC2)c2ccccc2C(F)(F)F)cc1. The van der Waals surface area contributed by atoms with Gasteiger partial charge in [-0.15, -0.1) is 0 Å². The number of carbonyl (C=O) groups is 2. The molecule has 0 unspecified atom stereocenters. The lowest BCUT2D eigenvalue weighted by Gasteiger charge is -2.34. The third kappa shape index (κ3) is 6.62. The molecule has 38 heavy (non-hydrogen) atoms. The van der Waals surface area contributed by atoms with Crippen LogP contribution in [0.4, 0.5) is 24.5 Å². The topological polar surface area (TPSA) is 74.8 Å². The molecule has 7 nitrogen and oxygen atoms in total. The zero-order chi connectivity index (χ0) is 27.1. The number of aromatic nitrogens is 1. The number of hydrogen-bond acceptors (Lipinski definition) is 5. The zero-order valence-electron chi connectivity index (χ0n) is 20.9. The molecule has 1 N–H and O–H groups in total. The van der Waals surface area contributed by atoms with Crippen molar-refractivity contribution in [3.8, 4) is 5.75 Å². The summed E-state index contributed by atoms with van der Waals surface area (Å²) in [5.41, 5.74) is -0.216. The van der Waals surface area contributed by atoms with E-state index >= 15 is 0 Å². The Morgan fingerprint density at radius 2 is 1.68 bits per heavy atom. The van der Waals surface area contributed by atoms with E-state index in [0.717, 1.165) is 36.0 Å². The molecular weight excluding hydrogens is 497 g/mol. The normalized spacial score (nSPS) is 14.2. The molecule has 10 heteroatoms. The Labute approximate surface area is 219 Å². The maximum absolute atomic E-state index is 13.8. The van der Waals surface area contributed by atoms with Gasteiger partial charge in [-0.1, -0.05) is 12.1 Å². The van der Waals surface area contributed by atoms with Gasteiger partial charge < -0.3 is 15.0 Å². The number of anilines is 2. The summed E-state index contributed by atoms with van der Waals surface area (Å²) < 4.78 is 46.6. The second kappa shape index (κ2) is 12.0. The van der Waals surface area contributed by atoms with Crippen LogP contribution in [0.15, 0.2) is 73.1 Å². The van der Waals surface area contributed by atoms with Gasteiger partial charge in [0, 0.05) is 43.3 Å². The van der Waals surface area contributed by atoms with Crippen molar-refractivity contribution in [2.24, 2.45) is 5.92 Å². The highest BCUT2D eigenvalue weighted by molar-refractivity contribution is 6.09. The van der Waals surface area contributed by atoms with Crippen molar-refractivity contribution in [3.05, 3.63) is 84.2 Å². The van der Waals surface area contributed by atoms with E-state index in [0.29, 0.717) is 24.8 Å². The van der Waals surface area contributed by atoms with Crippen molar-refractivity contribution < 1.29 is 27.5 Å². The van der Waals surface area contributed by atoms with Gasteiger partial charge in [0.1, 0.15) is 12.3 Å². The van der Waals surface area contributed by atoms with E-state index in [9.17, 15) is 22.8 Å². The molecule has 3 aromatic rings. The van der Waals surface area contributed by atoms with Crippen molar-refractivity contribution in [2.75, 3.05) is 43.5 Å². The first-order valence-corrected chi connectivity index (χ1v) is 12.3. The van der Waals surface area contributed by atoms with Crippen molar-refractivity contribution in [1.29, 1.82) is 0 Å². The number of benzene rings is 2. The molecule has 2 aromatic carbocycles. The van der Waals surface area contributed by atoms with Gasteiger partial charge in [-0.05, 0) is 67.3 Å². The lowest BCUT2D eigenvalue weighted by Crippen LogP contribution is -2.47. The Kier molecular flexibility index (Phi) is 8.50. The average Bonchev–Trinajstić information content (AvgIpc) is 2.95. The largest absolute Gasteiger partial charge is 0.497 e. The number of piperidine rings is 1. The van der Waals surface area contributed by atoms with Crippen molar-refractivity contribution in [2.45, 2.75) is 19.0 Å². The highest BCUT2D eigenvalue weighted by Gasteiger charge is 2.37. The first kappa shape index (κ1) is 27.0. The highest BCUT2D eigenvalue weighted by atomic mass is 19.4. The molecule has 1 fully saturated rings. The molecule has 1 saturated heterocycles. The number of ether oxygens (including phenoxy) is 1. The maximum Gasteiger partial charge on any atom is 0.418 e. The maximum atomic E-state index is 13.8. The number of carbonyl (C=O) groups excluding carboxylic acids is 2. The molecule has 1 aliphatic heterocycles. The Hall–Kier alpha value is -4.08. The van der Waals surface area contributed by atoms with Crippen LogP contribution in [0.3, 0.4) is 0 Å². The first-order chi connectivity index (χ1) is 18.3. The summed E-state index contributed by atoms with van der Waals surface area (Å²) in [5, 5.41) is 3.36. The van der Waals surface area contributed by atoms with E-state index in [1.54, 1.807) is 29.4 Å². The minimum Gasteiger partial charge on any atom is -0.497 e. The van der Waals surface area contributed by atoms with Crippen molar-refractivity contribution in [1.82, 2.24) is 9.88 Å². The molecule has 0 bridgehead atoms. The third-order valence-electron chi connectivity index (χ3n) is 6.62. The Balaban J connectivity index is 1.48. The zero-order valence-corrected chi connectivity index (χ0v) is 20.9. The van der Waals surface area contributed by atoms with Crippen molar-refractivity contribution in [3.63, 3.8) is 0 Å². The molecule has 0 atom stereocenters. The van der Waals surface area contributed by atoms with Crippen LogP contribution in [0.25, 0.3) is 0 Å². The van der Waals surface area contributed by atoms with Gasteiger partial charge in [-0.25, -0.2) is 0 Å². The van der Waals surface area contributed by atoms with E-state index < -0.39 is 30.1 Å². The molecule has 2 heterocycles. The van der Waals surface area contributed by atoms with Crippen LogP contribution in [0.1, 0.15) is 28.8 Å². The fourth-order valence-corrected chi connectivity index (χ4v) is 4.46. The number of likely N-dealkylation sites (tertiary alicyclic amines) is 1. The molecule has 0 saturated carbocycles. The molecule has 1 aromatic heterocycles. The number of pyridine rings is 1. The number of nitrogens with one attached hydrogen (secondary N) is 1. The second-order valence-corrected chi connectivity index (χ2v) is 9.08. The predicted molar refractivity (Wildman–Crippen MR) is 138 cm³/mol. The van der Waals surface area contributed by atoms with Gasteiger partial charge in [-0.2, -0.15) is 13.2 Å². The third-order valence-corrected chi connectivity index (χ3v) is 6.62. The lowest BCUT2D eigenvalue weighted by molar-refractivity contribution is -0.137. The minimum atomic E-state index is -4.70. The highest BCUT2D eigenvalue weighted by Crippen LogP contribution is 2.37. The Bertz CT molecular complexity index is 1230. The van der Waals surface area contributed by atoms with Crippen LogP contribution in [-0.2, 0) is 11.0 Å². The summed E-state index contributed by atoms with van der Waals surface area (Å²) in [6.07, 6.45) is 0.210. The fraction of sp³-hybridized carbons (Fsp3) is 0.321. The number of amides is 2. The summed E-state index contributed by atoms with van der Waals surface area (Å²) in [4.78, 5) is 33.3. The number of rotatable bonds is 8. The number of halogens is 3. The molecule has 0 radical (unpaired) electrons. The van der Waals surface area contributed by atoms with Gasteiger partial charge >= 0.3 is 6.18 Å². The van der Waals surface area contributed by atoms with Crippen LogP contribution >= 0.6 is 0 Å². The van der Waals surface area contributed by atoms with E-state index in [1.807, 2.05) is 12.1 Å². The van der Waals surface area contributed by atoms with Gasteiger partial charge in [-0.3, -0.25) is 19.5 Å². The first-order valence-electron chi connectivity index (χ1n) is 12.3.